The number of hydrogen-bond acceptors (Lipinski definition) is 4. The van der Waals surface area contributed by atoms with Crippen molar-refractivity contribution in [3.63, 3.8) is 0 Å². The smallest absolute Gasteiger partial charge is 0.545 e. The SMILES string of the molecule is C/C=C\C(=O)[O-].C/C=C\C(=O)[O-].[Co+2]. The van der Waals surface area contributed by atoms with Crippen molar-refractivity contribution in [2.24, 2.45) is 0 Å². The molecule has 0 spiro atoms. The molecule has 0 atom stereocenters. The molecule has 0 aliphatic heterocycles. The molecular formula is C8H10CoO4. The molecule has 0 aromatic rings. The molecule has 0 rings (SSSR count). The number of hydrogen-bond donors (Lipinski definition) is 0. The predicted molar refractivity (Wildman–Crippen MR) is 39.6 cm³/mol. The standard InChI is InChI=1S/2C4H6O2.Co/c2*1-2-3-4(5)6;/h2*2-3H,1H3,(H,5,6);/q;;+2/p-2/b2*3-2-;. The van der Waals surface area contributed by atoms with E-state index in [0.29, 0.717) is 0 Å². The van der Waals surface area contributed by atoms with Gasteiger partial charge in [-0.2, -0.15) is 0 Å². The summed E-state index contributed by atoms with van der Waals surface area (Å²) in [5.74, 6) is -2.28. The first kappa shape index (κ1) is 17.9. The molecule has 0 bridgehead atoms. The molecule has 0 saturated heterocycles. The molecule has 5 heteroatoms. The maximum atomic E-state index is 9.40. The number of carbonyl (C=O) groups excluding carboxylic acids is 2. The summed E-state index contributed by atoms with van der Waals surface area (Å²) in [6, 6.07) is 0. The van der Waals surface area contributed by atoms with Crippen LogP contribution < -0.4 is 10.2 Å². The van der Waals surface area contributed by atoms with Gasteiger partial charge in [-0.25, -0.2) is 0 Å². The second kappa shape index (κ2) is 13.5. The van der Waals surface area contributed by atoms with E-state index >= 15 is 0 Å². The largest absolute Gasteiger partial charge is 2.00 e. The zero-order valence-corrected chi connectivity index (χ0v) is 8.32. The number of carboxylic acid groups (broad SMARTS) is 2. The van der Waals surface area contributed by atoms with Crippen LogP contribution in [0.15, 0.2) is 24.3 Å². The van der Waals surface area contributed by atoms with E-state index in [2.05, 4.69) is 0 Å². The van der Waals surface area contributed by atoms with E-state index in [0.717, 1.165) is 12.2 Å². The minimum atomic E-state index is -1.14. The van der Waals surface area contributed by atoms with Gasteiger partial charge in [0.15, 0.2) is 0 Å². The first-order valence-electron chi connectivity index (χ1n) is 3.22. The average Bonchev–Trinajstić information content (AvgIpc) is 1.87. The van der Waals surface area contributed by atoms with Gasteiger partial charge in [-0.05, 0) is 26.0 Å². The van der Waals surface area contributed by atoms with Crippen molar-refractivity contribution in [2.75, 3.05) is 0 Å². The third-order valence-electron chi connectivity index (χ3n) is 0.605. The van der Waals surface area contributed by atoms with E-state index in [1.165, 1.54) is 12.2 Å². The Morgan fingerprint density at radius 3 is 1.15 bits per heavy atom. The summed E-state index contributed by atoms with van der Waals surface area (Å²) >= 11 is 0. The van der Waals surface area contributed by atoms with Crippen LogP contribution in [0.3, 0.4) is 0 Å². The van der Waals surface area contributed by atoms with E-state index in [-0.39, 0.29) is 16.8 Å². The minimum absolute atomic E-state index is 0. The molecule has 0 aliphatic carbocycles. The molecule has 0 aliphatic rings. The summed E-state index contributed by atoms with van der Waals surface area (Å²) in [7, 11) is 0. The zero-order valence-electron chi connectivity index (χ0n) is 7.28. The van der Waals surface area contributed by atoms with Crippen molar-refractivity contribution in [1.82, 2.24) is 0 Å². The van der Waals surface area contributed by atoms with E-state index in [1.54, 1.807) is 13.8 Å². The van der Waals surface area contributed by atoms with Gasteiger partial charge in [0, 0.05) is 0 Å². The Balaban J connectivity index is -0.000000143. The minimum Gasteiger partial charge on any atom is -0.545 e. The summed E-state index contributed by atoms with van der Waals surface area (Å²) in [5, 5.41) is 18.8. The fourth-order valence-electron chi connectivity index (χ4n) is 0.272. The average molecular weight is 229 g/mol. The van der Waals surface area contributed by atoms with E-state index in [9.17, 15) is 19.8 Å². The first-order chi connectivity index (χ1) is 5.54. The molecule has 0 unspecified atom stereocenters. The molecule has 13 heavy (non-hydrogen) atoms. The van der Waals surface area contributed by atoms with E-state index in [4.69, 9.17) is 0 Å². The molecule has 0 amide bonds. The normalized spacial score (nSPS) is 8.77. The van der Waals surface area contributed by atoms with Crippen molar-refractivity contribution in [3.05, 3.63) is 24.3 Å². The molecular weight excluding hydrogens is 219 g/mol. The van der Waals surface area contributed by atoms with Crippen LogP contribution in [0.5, 0.6) is 0 Å². The maximum Gasteiger partial charge on any atom is 2.00 e. The molecule has 0 saturated carbocycles. The molecule has 4 nitrogen and oxygen atoms in total. The van der Waals surface area contributed by atoms with Crippen LogP contribution in [0, 0.1) is 0 Å². The predicted octanol–water partition coefficient (Wildman–Crippen LogP) is -1.38. The third kappa shape index (κ3) is 35.9. The Kier molecular flexibility index (Phi) is 18.6. The van der Waals surface area contributed by atoms with Gasteiger partial charge < -0.3 is 19.8 Å². The monoisotopic (exact) mass is 229 g/mol. The van der Waals surface area contributed by atoms with Gasteiger partial charge in [0.25, 0.3) is 0 Å². The number of allylic oxidation sites excluding steroid dienone is 2. The molecule has 0 heterocycles. The van der Waals surface area contributed by atoms with Crippen LogP contribution in [0.25, 0.3) is 0 Å². The van der Waals surface area contributed by atoms with Crippen LogP contribution in [0.1, 0.15) is 13.8 Å². The van der Waals surface area contributed by atoms with Crippen LogP contribution in [0.4, 0.5) is 0 Å². The first-order valence-corrected chi connectivity index (χ1v) is 3.22. The molecule has 75 valence electrons. The molecule has 0 N–H and O–H groups in total. The van der Waals surface area contributed by atoms with Crippen molar-refractivity contribution < 1.29 is 36.6 Å². The third-order valence-corrected chi connectivity index (χ3v) is 0.605. The summed E-state index contributed by atoms with van der Waals surface area (Å²) in [6.45, 7) is 3.24. The maximum absolute atomic E-state index is 9.40. The quantitative estimate of drug-likeness (QED) is 0.546. The molecule has 0 aromatic carbocycles. The Bertz CT molecular complexity index is 174. The van der Waals surface area contributed by atoms with Crippen molar-refractivity contribution >= 4 is 11.9 Å². The van der Waals surface area contributed by atoms with Crippen molar-refractivity contribution in [3.8, 4) is 0 Å². The molecule has 0 aromatic heterocycles. The van der Waals surface area contributed by atoms with E-state index < -0.39 is 11.9 Å². The molecule has 0 fully saturated rings. The number of carbonyl (C=O) groups is 2. The second-order valence-corrected chi connectivity index (χ2v) is 1.64. The fraction of sp³-hybridized carbons (Fsp3) is 0.250. The Labute approximate surface area is 87.2 Å². The van der Waals surface area contributed by atoms with Crippen LogP contribution in [-0.2, 0) is 26.4 Å². The van der Waals surface area contributed by atoms with Crippen LogP contribution >= 0.6 is 0 Å². The van der Waals surface area contributed by atoms with Gasteiger partial charge in [-0.15, -0.1) is 0 Å². The number of carboxylic acids is 2. The summed E-state index contributed by atoms with van der Waals surface area (Å²) in [4.78, 5) is 18.8. The van der Waals surface area contributed by atoms with Crippen molar-refractivity contribution in [2.45, 2.75) is 13.8 Å². The zero-order chi connectivity index (χ0) is 9.98. The van der Waals surface area contributed by atoms with Gasteiger partial charge in [0.1, 0.15) is 0 Å². The van der Waals surface area contributed by atoms with Crippen LogP contribution in [-0.4, -0.2) is 11.9 Å². The Hall–Kier alpha value is -1.07. The van der Waals surface area contributed by atoms with Gasteiger partial charge in [-0.3, -0.25) is 0 Å². The molecule has 1 radical (unpaired) electrons. The Morgan fingerprint density at radius 1 is 0.923 bits per heavy atom. The van der Waals surface area contributed by atoms with Gasteiger partial charge in [-0.1, -0.05) is 12.2 Å². The summed E-state index contributed by atoms with van der Waals surface area (Å²) < 4.78 is 0. The summed E-state index contributed by atoms with van der Waals surface area (Å²) in [5.41, 5.74) is 0. The van der Waals surface area contributed by atoms with Gasteiger partial charge in [0.2, 0.25) is 0 Å². The van der Waals surface area contributed by atoms with E-state index in [1.807, 2.05) is 0 Å². The van der Waals surface area contributed by atoms with Gasteiger partial charge >= 0.3 is 16.8 Å². The second-order valence-electron chi connectivity index (χ2n) is 1.64. The number of rotatable bonds is 2. The Morgan fingerprint density at radius 2 is 1.15 bits per heavy atom. The fourth-order valence-corrected chi connectivity index (χ4v) is 0.272. The number of aliphatic carboxylic acids is 2. The van der Waals surface area contributed by atoms with Gasteiger partial charge in [0.05, 0.1) is 11.9 Å². The topological polar surface area (TPSA) is 80.3 Å². The van der Waals surface area contributed by atoms with Crippen molar-refractivity contribution in [1.29, 1.82) is 0 Å². The van der Waals surface area contributed by atoms with Crippen LogP contribution in [0.2, 0.25) is 0 Å². The summed E-state index contributed by atoms with van der Waals surface area (Å²) in [6.07, 6.45) is 4.77.